The van der Waals surface area contributed by atoms with Crippen molar-refractivity contribution in [1.29, 1.82) is 0 Å². The lowest BCUT2D eigenvalue weighted by Crippen LogP contribution is -2.38. The van der Waals surface area contributed by atoms with Crippen molar-refractivity contribution in [2.45, 2.75) is 11.4 Å². The van der Waals surface area contributed by atoms with Crippen molar-refractivity contribution in [2.75, 3.05) is 13.6 Å². The van der Waals surface area contributed by atoms with Crippen LogP contribution in [0, 0.1) is 5.82 Å². The van der Waals surface area contributed by atoms with Gasteiger partial charge in [-0.3, -0.25) is 4.79 Å². The Kier molecular flexibility index (Phi) is 5.93. The molecular weight excluding hydrogens is 355 g/mol. The molecule has 0 fully saturated rings. The van der Waals surface area contributed by atoms with Gasteiger partial charge in [-0.2, -0.15) is 4.31 Å². The molecule has 24 heavy (non-hydrogen) atoms. The number of benzene rings is 2. The lowest BCUT2D eigenvalue weighted by atomic mass is 10.2. The Bertz CT molecular complexity index is 808. The molecule has 0 aliphatic rings. The van der Waals surface area contributed by atoms with Crippen LogP contribution in [0.2, 0.25) is 5.02 Å². The summed E-state index contributed by atoms with van der Waals surface area (Å²) in [5.41, 5.74) is 0.844. The largest absolute Gasteiger partial charge is 0.351 e. The Balaban J connectivity index is 1.95. The third-order valence-electron chi connectivity index (χ3n) is 3.29. The minimum absolute atomic E-state index is 0.0723. The third kappa shape index (κ3) is 4.77. The van der Waals surface area contributed by atoms with Crippen LogP contribution >= 0.6 is 11.6 Å². The molecule has 2 aromatic carbocycles. The monoisotopic (exact) mass is 370 g/mol. The first-order valence-corrected chi connectivity index (χ1v) is 8.84. The molecule has 0 saturated carbocycles. The van der Waals surface area contributed by atoms with Crippen LogP contribution in [0.5, 0.6) is 0 Å². The molecule has 2 rings (SSSR count). The van der Waals surface area contributed by atoms with Gasteiger partial charge in [-0.15, -0.1) is 0 Å². The second-order valence-corrected chi connectivity index (χ2v) is 7.60. The van der Waals surface area contributed by atoms with Crippen LogP contribution in [0.3, 0.4) is 0 Å². The number of hydrogen-bond donors (Lipinski definition) is 1. The summed E-state index contributed by atoms with van der Waals surface area (Å²) in [6.45, 7) is -0.0757. The Hall–Kier alpha value is -1.96. The van der Waals surface area contributed by atoms with E-state index in [0.29, 0.717) is 5.02 Å². The van der Waals surface area contributed by atoms with Gasteiger partial charge in [0, 0.05) is 18.6 Å². The Morgan fingerprint density at radius 2 is 1.71 bits per heavy atom. The summed E-state index contributed by atoms with van der Waals surface area (Å²) in [5.74, 6) is -0.976. The average Bonchev–Trinajstić information content (AvgIpc) is 2.54. The third-order valence-corrected chi connectivity index (χ3v) is 5.36. The topological polar surface area (TPSA) is 66.5 Å². The van der Waals surface area contributed by atoms with Gasteiger partial charge in [0.1, 0.15) is 5.82 Å². The van der Waals surface area contributed by atoms with E-state index >= 15 is 0 Å². The van der Waals surface area contributed by atoms with E-state index in [1.54, 1.807) is 24.3 Å². The molecular formula is C16H16ClFN2O3S. The average molecular weight is 371 g/mol. The number of hydrogen-bond acceptors (Lipinski definition) is 3. The highest BCUT2D eigenvalue weighted by atomic mass is 35.5. The van der Waals surface area contributed by atoms with Gasteiger partial charge in [0.2, 0.25) is 15.9 Å². The van der Waals surface area contributed by atoms with Crippen LogP contribution in [0.25, 0.3) is 0 Å². The molecule has 0 bridgehead atoms. The van der Waals surface area contributed by atoms with E-state index in [2.05, 4.69) is 5.32 Å². The summed E-state index contributed by atoms with van der Waals surface area (Å²) >= 11 is 5.78. The number of halogens is 2. The highest BCUT2D eigenvalue weighted by Crippen LogP contribution is 2.14. The molecule has 1 amide bonds. The van der Waals surface area contributed by atoms with Crippen LogP contribution < -0.4 is 5.32 Å². The molecule has 0 aliphatic heterocycles. The zero-order chi connectivity index (χ0) is 17.7. The summed E-state index contributed by atoms with van der Waals surface area (Å²) < 4.78 is 38.4. The van der Waals surface area contributed by atoms with E-state index in [9.17, 15) is 17.6 Å². The predicted octanol–water partition coefficient (Wildman–Crippen LogP) is 2.42. The first-order chi connectivity index (χ1) is 11.3. The number of amides is 1. The number of likely N-dealkylation sites (N-methyl/N-ethyl adjacent to an activating group) is 1. The Labute approximate surface area is 145 Å². The molecule has 2 aromatic rings. The number of rotatable bonds is 6. The van der Waals surface area contributed by atoms with E-state index in [-0.39, 0.29) is 18.0 Å². The minimum atomic E-state index is -3.85. The van der Waals surface area contributed by atoms with Gasteiger partial charge in [0.05, 0.1) is 11.4 Å². The maximum Gasteiger partial charge on any atom is 0.243 e. The zero-order valence-electron chi connectivity index (χ0n) is 12.9. The molecule has 8 heteroatoms. The van der Waals surface area contributed by atoms with Crippen LogP contribution in [-0.4, -0.2) is 32.2 Å². The van der Waals surface area contributed by atoms with E-state index in [4.69, 9.17) is 11.6 Å². The summed E-state index contributed by atoms with van der Waals surface area (Å²) in [5, 5.41) is 3.23. The Morgan fingerprint density at radius 3 is 2.29 bits per heavy atom. The maximum absolute atomic E-state index is 12.9. The molecule has 5 nitrogen and oxygen atoms in total. The lowest BCUT2D eigenvalue weighted by Gasteiger charge is -2.17. The fraction of sp³-hybridized carbons (Fsp3) is 0.188. The number of carbonyl (C=O) groups excluding carboxylic acids is 1. The molecule has 0 atom stereocenters. The van der Waals surface area contributed by atoms with Crippen molar-refractivity contribution in [2.24, 2.45) is 0 Å². The molecule has 0 saturated heterocycles. The molecule has 0 aromatic heterocycles. The summed E-state index contributed by atoms with van der Waals surface area (Å²) in [4.78, 5) is 11.9. The fourth-order valence-corrected chi connectivity index (χ4v) is 3.19. The van der Waals surface area contributed by atoms with Crippen LogP contribution in [0.15, 0.2) is 53.4 Å². The van der Waals surface area contributed by atoms with Gasteiger partial charge in [-0.1, -0.05) is 23.7 Å². The molecule has 0 unspecified atom stereocenters. The van der Waals surface area contributed by atoms with Crippen LogP contribution in [0.1, 0.15) is 5.56 Å². The normalized spacial score (nSPS) is 11.5. The molecule has 0 spiro atoms. The van der Waals surface area contributed by atoms with Crippen LogP contribution in [0.4, 0.5) is 4.39 Å². The lowest BCUT2D eigenvalue weighted by molar-refractivity contribution is -0.121. The highest BCUT2D eigenvalue weighted by molar-refractivity contribution is 7.89. The summed E-state index contributed by atoms with van der Waals surface area (Å²) in [6, 6.07) is 11.4. The Morgan fingerprint density at radius 1 is 1.12 bits per heavy atom. The smallest absolute Gasteiger partial charge is 0.243 e. The van der Waals surface area contributed by atoms with Gasteiger partial charge in [-0.25, -0.2) is 12.8 Å². The van der Waals surface area contributed by atoms with Crippen molar-refractivity contribution in [1.82, 2.24) is 9.62 Å². The van der Waals surface area contributed by atoms with E-state index in [1.165, 1.54) is 7.05 Å². The van der Waals surface area contributed by atoms with Crippen LogP contribution in [-0.2, 0) is 21.4 Å². The predicted molar refractivity (Wildman–Crippen MR) is 89.5 cm³/mol. The molecule has 0 heterocycles. The van der Waals surface area contributed by atoms with Gasteiger partial charge in [0.25, 0.3) is 0 Å². The van der Waals surface area contributed by atoms with Crippen molar-refractivity contribution in [3.05, 3.63) is 64.9 Å². The number of nitrogens with one attached hydrogen (secondary N) is 1. The fourth-order valence-electron chi connectivity index (χ4n) is 1.93. The highest BCUT2D eigenvalue weighted by Gasteiger charge is 2.22. The molecule has 0 radical (unpaired) electrons. The van der Waals surface area contributed by atoms with Gasteiger partial charge >= 0.3 is 0 Å². The van der Waals surface area contributed by atoms with E-state index in [1.807, 2.05) is 0 Å². The minimum Gasteiger partial charge on any atom is -0.351 e. The van der Waals surface area contributed by atoms with E-state index in [0.717, 1.165) is 34.1 Å². The van der Waals surface area contributed by atoms with E-state index < -0.39 is 21.7 Å². The number of carbonyl (C=O) groups is 1. The second-order valence-electron chi connectivity index (χ2n) is 5.12. The molecule has 1 N–H and O–H groups in total. The van der Waals surface area contributed by atoms with Gasteiger partial charge in [0.15, 0.2) is 0 Å². The summed E-state index contributed by atoms with van der Waals surface area (Å²) in [6.07, 6.45) is 0. The second kappa shape index (κ2) is 7.74. The molecule has 0 aliphatic carbocycles. The van der Waals surface area contributed by atoms with Crippen molar-refractivity contribution < 1.29 is 17.6 Å². The first kappa shape index (κ1) is 18.4. The zero-order valence-corrected chi connectivity index (χ0v) is 14.4. The van der Waals surface area contributed by atoms with Gasteiger partial charge in [-0.05, 0) is 42.0 Å². The number of sulfonamides is 1. The van der Waals surface area contributed by atoms with Gasteiger partial charge < -0.3 is 5.32 Å². The standard InChI is InChI=1S/C16H16ClFN2O3S/c1-20(24(22,23)15-8-6-14(18)7-9-15)11-16(21)19-10-12-2-4-13(17)5-3-12/h2-9H,10-11H2,1H3,(H,19,21). The maximum atomic E-state index is 12.9. The first-order valence-electron chi connectivity index (χ1n) is 7.02. The number of nitrogens with zero attached hydrogens (tertiary/aromatic N) is 1. The SMILES string of the molecule is CN(CC(=O)NCc1ccc(Cl)cc1)S(=O)(=O)c1ccc(F)cc1. The van der Waals surface area contributed by atoms with Crippen molar-refractivity contribution in [3.8, 4) is 0 Å². The van der Waals surface area contributed by atoms with Crippen molar-refractivity contribution in [3.63, 3.8) is 0 Å². The quantitative estimate of drug-likeness (QED) is 0.849. The summed E-state index contributed by atoms with van der Waals surface area (Å²) in [7, 11) is -2.56. The molecule has 128 valence electrons. The van der Waals surface area contributed by atoms with Crippen molar-refractivity contribution >= 4 is 27.5 Å².